The van der Waals surface area contributed by atoms with Crippen molar-refractivity contribution in [1.82, 2.24) is 0 Å². The Kier molecular flexibility index (Phi) is 24.5. The molecule has 2 unspecified atom stereocenters. The average Bonchev–Trinajstić information content (AvgIpc) is 3.05. The van der Waals surface area contributed by atoms with Crippen molar-refractivity contribution in [2.75, 3.05) is 28.0 Å². The number of hydrogen-bond acceptors (Lipinski definition) is 11. The van der Waals surface area contributed by atoms with E-state index in [1.54, 1.807) is 4.74 Å². The van der Waals surface area contributed by atoms with Crippen molar-refractivity contribution in [2.24, 2.45) is 0 Å². The summed E-state index contributed by atoms with van der Waals surface area (Å²) in [6.07, 6.45) is -47.7. The maximum absolute atomic E-state index is 13.5. The predicted octanol–water partition coefficient (Wildman–Crippen LogP) is 9.77. The molecule has 0 N–H and O–H groups in total. The van der Waals surface area contributed by atoms with Crippen molar-refractivity contribution in [1.29, 1.82) is 0 Å². The van der Waals surface area contributed by atoms with Crippen LogP contribution in [0, 0.1) is 0 Å². The molecule has 2 atom stereocenters. The monoisotopic (exact) mass is 982 g/mol. The van der Waals surface area contributed by atoms with Gasteiger partial charge in [0.2, 0.25) is 0 Å². The fraction of sp³-hybridized carbons (Fsp3) is 0.652. The Balaban J connectivity index is -0.000000276. The summed E-state index contributed by atoms with van der Waals surface area (Å²) < 4.78 is 353. The Morgan fingerprint density at radius 3 is 0.885 bits per heavy atom. The highest BCUT2D eigenvalue weighted by atomic mass is 19.4. The van der Waals surface area contributed by atoms with Crippen LogP contribution in [-0.4, -0.2) is 113 Å². The third kappa shape index (κ3) is 17.2. The van der Waals surface area contributed by atoms with Gasteiger partial charge in [0.25, 0.3) is 6.01 Å². The van der Waals surface area contributed by atoms with Crippen LogP contribution in [0.3, 0.4) is 0 Å². The molecule has 0 aliphatic carbocycles. The molecule has 0 saturated heterocycles. The smallest absolute Gasteiger partial charge is 0.464 e. The van der Waals surface area contributed by atoms with E-state index in [-0.39, 0.29) is 21.6 Å². The molecular weight excluding hydrogens is 965 g/mol. The first-order chi connectivity index (χ1) is 26.2. The molecular formula is C23H17F27O11. The van der Waals surface area contributed by atoms with E-state index in [1.807, 2.05) is 16.1 Å². The Morgan fingerprint density at radius 2 is 0.721 bits per heavy atom. The summed E-state index contributed by atoms with van der Waals surface area (Å²) in [7, 11) is 1.05. The standard InChI is InChI=1S/C9H3F13O4.C9H5F11O4.C2H2F2O.C2H3FO2.CH4/c1-24-4(23)5(13,14)8(19,20)26-6(15,7(16,17)18)9(21,22)25-3(12)2(10)11;1-3(10)23-9(19,20)6(13,7(14,15)16)24-8(17,18)5(11,12)4(21)22-2;3-1-2(4)5;1-5-2(3)4;/h1H3;1H2,2H3;1H2;1H3;1H4. The maximum Gasteiger partial charge on any atom is 0.495 e. The van der Waals surface area contributed by atoms with E-state index < -0.39 is 109 Å². The van der Waals surface area contributed by atoms with Crippen LogP contribution in [0.5, 0.6) is 0 Å². The minimum atomic E-state index is -7.39. The molecule has 38 heteroatoms. The van der Waals surface area contributed by atoms with Crippen molar-refractivity contribution < 1.29 is 171 Å². The van der Waals surface area contributed by atoms with Crippen molar-refractivity contribution in [2.45, 2.75) is 67.8 Å². The molecule has 0 spiro atoms. The van der Waals surface area contributed by atoms with Crippen LogP contribution in [0.15, 0.2) is 24.7 Å². The van der Waals surface area contributed by atoms with Crippen molar-refractivity contribution in [3.8, 4) is 0 Å². The highest BCUT2D eigenvalue weighted by molar-refractivity contribution is 5.78. The molecule has 0 amide bonds. The van der Waals surface area contributed by atoms with E-state index in [0.29, 0.717) is 0 Å². The lowest BCUT2D eigenvalue weighted by Crippen LogP contribution is -2.64. The Morgan fingerprint density at radius 1 is 0.475 bits per heavy atom. The first-order valence-electron chi connectivity index (χ1n) is 12.4. The minimum absolute atomic E-state index is 0. The topological polar surface area (TPSA) is 133 Å². The van der Waals surface area contributed by atoms with Gasteiger partial charge >= 0.3 is 96.6 Å². The van der Waals surface area contributed by atoms with Crippen LogP contribution < -0.4 is 0 Å². The van der Waals surface area contributed by atoms with Crippen molar-refractivity contribution >= 4 is 24.2 Å². The second kappa shape index (κ2) is 22.9. The normalized spacial score (nSPS) is 14.4. The highest BCUT2D eigenvalue weighted by Crippen LogP contribution is 2.54. The Labute approximate surface area is 316 Å². The molecule has 0 fully saturated rings. The molecule has 0 aromatic rings. The Bertz CT molecular complexity index is 1480. The van der Waals surface area contributed by atoms with Gasteiger partial charge in [-0.05, 0) is 6.58 Å². The van der Waals surface area contributed by atoms with Gasteiger partial charge < -0.3 is 23.7 Å². The summed E-state index contributed by atoms with van der Waals surface area (Å²) in [5.41, 5.74) is 0. The van der Waals surface area contributed by atoms with Gasteiger partial charge in [0.05, 0.1) is 21.3 Å². The van der Waals surface area contributed by atoms with E-state index in [1.165, 1.54) is 0 Å². The number of halogens is 27. The number of carbonyl (C=O) groups excluding carboxylic acids is 4. The molecule has 0 radical (unpaired) electrons. The molecule has 364 valence electrons. The minimum Gasteiger partial charge on any atom is -0.464 e. The lowest BCUT2D eigenvalue weighted by atomic mass is 10.2. The molecule has 0 heterocycles. The largest absolute Gasteiger partial charge is 0.495 e. The van der Waals surface area contributed by atoms with E-state index in [0.717, 1.165) is 7.11 Å². The van der Waals surface area contributed by atoms with Gasteiger partial charge in [-0.3, -0.25) is 14.3 Å². The maximum atomic E-state index is 13.5. The fourth-order valence-corrected chi connectivity index (χ4v) is 1.96. The number of carbonyl (C=O) groups is 4. The Hall–Kier alpha value is -4.81. The number of methoxy groups -OCH3 is 3. The van der Waals surface area contributed by atoms with Crippen LogP contribution in [0.1, 0.15) is 7.43 Å². The van der Waals surface area contributed by atoms with Gasteiger partial charge in [-0.1, -0.05) is 7.43 Å². The highest BCUT2D eigenvalue weighted by Gasteiger charge is 2.83. The summed E-state index contributed by atoms with van der Waals surface area (Å²) in [5.74, 6) is -33.7. The summed E-state index contributed by atoms with van der Waals surface area (Å²) in [5, 5.41) is 0. The van der Waals surface area contributed by atoms with E-state index in [9.17, 15) is 128 Å². The third-order valence-corrected chi connectivity index (χ3v) is 4.50. The predicted molar refractivity (Wildman–Crippen MR) is 131 cm³/mol. The lowest BCUT2D eigenvalue weighted by molar-refractivity contribution is -0.513. The van der Waals surface area contributed by atoms with Crippen molar-refractivity contribution in [3.05, 3.63) is 24.7 Å². The third-order valence-electron chi connectivity index (χ3n) is 4.50. The van der Waals surface area contributed by atoms with Gasteiger partial charge in [0, 0.05) is 0 Å². The SMILES string of the molecule is C.C=C(F)OC(F)(F)C(F)(OC(F)(F)C(F)(F)C(=O)OC)C(F)(F)F.COC(=O)C(F)(F)C(F)(F)OC(F)(C(F)(F)F)C(F)(F)OC(F)=C(F)F.COC(=O)F.O=C(F)CF. The zero-order valence-corrected chi connectivity index (χ0v) is 27.6. The first-order valence-corrected chi connectivity index (χ1v) is 12.4. The zero-order valence-electron chi connectivity index (χ0n) is 27.6. The number of hydrogen-bond donors (Lipinski definition) is 0. The molecule has 61 heavy (non-hydrogen) atoms. The quantitative estimate of drug-likeness (QED) is 0.0511. The van der Waals surface area contributed by atoms with Gasteiger partial charge in [0.15, 0.2) is 6.67 Å². The second-order valence-corrected chi connectivity index (χ2v) is 8.61. The number of alkyl halides is 21. The van der Waals surface area contributed by atoms with Crippen LogP contribution in [-0.2, 0) is 47.5 Å². The van der Waals surface area contributed by atoms with Crippen LogP contribution in [0.4, 0.5) is 123 Å². The lowest BCUT2D eigenvalue weighted by Gasteiger charge is -2.36. The summed E-state index contributed by atoms with van der Waals surface area (Å²) >= 11 is 0. The summed E-state index contributed by atoms with van der Waals surface area (Å²) in [6, 6.07) is -8.57. The number of esters is 2. The fourth-order valence-electron chi connectivity index (χ4n) is 1.96. The zero-order chi connectivity index (χ0) is 49.7. The molecule has 0 rings (SSSR count). The van der Waals surface area contributed by atoms with Crippen LogP contribution >= 0.6 is 0 Å². The van der Waals surface area contributed by atoms with Crippen LogP contribution in [0.2, 0.25) is 0 Å². The van der Waals surface area contributed by atoms with Gasteiger partial charge in [-0.15, -0.1) is 4.39 Å². The van der Waals surface area contributed by atoms with E-state index in [4.69, 9.17) is 9.59 Å². The van der Waals surface area contributed by atoms with Gasteiger partial charge in [-0.25, -0.2) is 18.8 Å². The first kappa shape index (κ1) is 65.3. The molecule has 11 nitrogen and oxygen atoms in total. The molecule has 0 saturated carbocycles. The molecule has 0 aromatic heterocycles. The number of ether oxygens (including phenoxy) is 7. The molecule has 0 aliphatic rings. The van der Waals surface area contributed by atoms with E-state index >= 15 is 0 Å². The molecule has 0 aliphatic heterocycles. The summed E-state index contributed by atoms with van der Waals surface area (Å²) in [4.78, 5) is 38.5. The van der Waals surface area contributed by atoms with Gasteiger partial charge in [0.1, 0.15) is 0 Å². The summed E-state index contributed by atoms with van der Waals surface area (Å²) in [6.45, 7) is 0.354. The average molecular weight is 982 g/mol. The second-order valence-electron chi connectivity index (χ2n) is 8.61. The number of rotatable bonds is 15. The van der Waals surface area contributed by atoms with Crippen molar-refractivity contribution in [3.63, 3.8) is 0 Å². The van der Waals surface area contributed by atoms with Gasteiger partial charge in [-0.2, -0.15) is 110 Å². The van der Waals surface area contributed by atoms with E-state index in [2.05, 4.69) is 18.9 Å². The molecule has 0 aromatic carbocycles. The molecule has 0 bridgehead atoms. The van der Waals surface area contributed by atoms with Crippen LogP contribution in [0.25, 0.3) is 0 Å².